The molecule has 1 atom stereocenters. The topological polar surface area (TPSA) is 67.6 Å². The van der Waals surface area contributed by atoms with Crippen LogP contribution in [0, 0.1) is 0 Å². The summed E-state index contributed by atoms with van der Waals surface area (Å²) < 4.78 is 4.95. The van der Waals surface area contributed by atoms with Gasteiger partial charge in [0.05, 0.1) is 6.04 Å². The molecule has 1 amide bonds. The second kappa shape index (κ2) is 10.3. The lowest BCUT2D eigenvalue weighted by Gasteiger charge is -2.31. The molecule has 0 spiro atoms. The van der Waals surface area contributed by atoms with Gasteiger partial charge in [-0.25, -0.2) is 0 Å². The van der Waals surface area contributed by atoms with Gasteiger partial charge in [0.2, 0.25) is 5.91 Å². The Morgan fingerprint density at radius 2 is 2.00 bits per heavy atom. The second-order valence-corrected chi connectivity index (χ2v) is 4.79. The van der Waals surface area contributed by atoms with Gasteiger partial charge in [-0.15, -0.1) is 0 Å². The quantitative estimate of drug-likeness (QED) is 0.563. The van der Waals surface area contributed by atoms with E-state index in [2.05, 4.69) is 24.1 Å². The number of ether oxygens (including phenoxy) is 1. The first-order valence-corrected chi connectivity index (χ1v) is 6.77. The van der Waals surface area contributed by atoms with Crippen molar-refractivity contribution in [1.82, 2.24) is 10.2 Å². The Morgan fingerprint density at radius 1 is 1.33 bits per heavy atom. The molecule has 0 bridgehead atoms. The molecule has 1 unspecified atom stereocenters. The average molecular weight is 259 g/mol. The molecule has 108 valence electrons. The standard InChI is InChI=1S/C13H29N3O2/c1-11(2)16(9-5-7-14)12(3)13(17)15-8-6-10-18-4/h11-12H,5-10,14H2,1-4H3,(H,15,17). The molecule has 0 aromatic carbocycles. The van der Waals surface area contributed by atoms with Gasteiger partial charge in [-0.05, 0) is 40.2 Å². The van der Waals surface area contributed by atoms with Crippen molar-refractivity contribution in [2.24, 2.45) is 5.73 Å². The molecule has 5 heteroatoms. The van der Waals surface area contributed by atoms with Crippen molar-refractivity contribution < 1.29 is 9.53 Å². The summed E-state index contributed by atoms with van der Waals surface area (Å²) in [6.07, 6.45) is 1.76. The number of nitrogens with zero attached hydrogens (tertiary/aromatic N) is 1. The van der Waals surface area contributed by atoms with Crippen LogP contribution in [0.25, 0.3) is 0 Å². The Morgan fingerprint density at radius 3 is 2.50 bits per heavy atom. The minimum atomic E-state index is -0.112. The van der Waals surface area contributed by atoms with Gasteiger partial charge in [0, 0.05) is 32.8 Å². The molecular formula is C13H29N3O2. The lowest BCUT2D eigenvalue weighted by molar-refractivity contribution is -0.126. The zero-order chi connectivity index (χ0) is 14.0. The zero-order valence-electron chi connectivity index (χ0n) is 12.2. The minimum absolute atomic E-state index is 0.0804. The molecule has 0 saturated heterocycles. The van der Waals surface area contributed by atoms with Gasteiger partial charge in [-0.1, -0.05) is 0 Å². The molecule has 0 aromatic rings. The Kier molecular flexibility index (Phi) is 9.92. The van der Waals surface area contributed by atoms with E-state index >= 15 is 0 Å². The fourth-order valence-electron chi connectivity index (χ4n) is 1.90. The predicted molar refractivity (Wildman–Crippen MR) is 74.5 cm³/mol. The maximum absolute atomic E-state index is 12.0. The summed E-state index contributed by atoms with van der Waals surface area (Å²) in [4.78, 5) is 14.2. The van der Waals surface area contributed by atoms with E-state index < -0.39 is 0 Å². The first-order chi connectivity index (χ1) is 8.54. The molecule has 0 aliphatic heterocycles. The van der Waals surface area contributed by atoms with Crippen molar-refractivity contribution in [3.63, 3.8) is 0 Å². The van der Waals surface area contributed by atoms with E-state index in [1.807, 2.05) is 6.92 Å². The molecule has 3 N–H and O–H groups in total. The van der Waals surface area contributed by atoms with Crippen molar-refractivity contribution in [3.05, 3.63) is 0 Å². The van der Waals surface area contributed by atoms with Crippen LogP contribution in [-0.2, 0) is 9.53 Å². The number of nitrogens with one attached hydrogen (secondary N) is 1. The van der Waals surface area contributed by atoms with E-state index in [-0.39, 0.29) is 11.9 Å². The van der Waals surface area contributed by atoms with E-state index in [0.29, 0.717) is 25.7 Å². The first kappa shape index (κ1) is 17.4. The highest BCUT2D eigenvalue weighted by Gasteiger charge is 2.22. The van der Waals surface area contributed by atoms with Crippen molar-refractivity contribution in [2.75, 3.05) is 33.4 Å². The number of hydrogen-bond acceptors (Lipinski definition) is 4. The number of methoxy groups -OCH3 is 1. The summed E-state index contributed by atoms with van der Waals surface area (Å²) in [5.41, 5.74) is 5.53. The van der Waals surface area contributed by atoms with Gasteiger partial charge in [-0.2, -0.15) is 0 Å². The third-order valence-corrected chi connectivity index (χ3v) is 2.99. The number of rotatable bonds is 10. The highest BCUT2D eigenvalue weighted by Crippen LogP contribution is 2.06. The highest BCUT2D eigenvalue weighted by atomic mass is 16.5. The van der Waals surface area contributed by atoms with Crippen LogP contribution in [0.1, 0.15) is 33.6 Å². The van der Waals surface area contributed by atoms with E-state index in [4.69, 9.17) is 10.5 Å². The fraction of sp³-hybridized carbons (Fsp3) is 0.923. The summed E-state index contributed by atoms with van der Waals surface area (Å²) >= 11 is 0. The van der Waals surface area contributed by atoms with Gasteiger partial charge >= 0.3 is 0 Å². The van der Waals surface area contributed by atoms with Crippen LogP contribution in [0.5, 0.6) is 0 Å². The van der Waals surface area contributed by atoms with Gasteiger partial charge in [0.25, 0.3) is 0 Å². The Bertz CT molecular complexity index is 222. The van der Waals surface area contributed by atoms with Crippen LogP contribution in [0.2, 0.25) is 0 Å². The van der Waals surface area contributed by atoms with Crippen LogP contribution in [0.15, 0.2) is 0 Å². The fourth-order valence-corrected chi connectivity index (χ4v) is 1.90. The number of nitrogens with two attached hydrogens (primary N) is 1. The number of carbonyl (C=O) groups is 1. The van der Waals surface area contributed by atoms with Gasteiger partial charge < -0.3 is 15.8 Å². The third kappa shape index (κ3) is 6.93. The van der Waals surface area contributed by atoms with Gasteiger partial charge in [0.15, 0.2) is 0 Å². The highest BCUT2D eigenvalue weighted by molar-refractivity contribution is 5.81. The molecule has 0 saturated carbocycles. The maximum atomic E-state index is 12.0. The largest absolute Gasteiger partial charge is 0.385 e. The molecule has 0 rings (SSSR count). The van der Waals surface area contributed by atoms with Gasteiger partial charge in [0.1, 0.15) is 0 Å². The molecule has 0 fully saturated rings. The molecule has 0 aliphatic rings. The molecule has 0 aliphatic carbocycles. The van der Waals surface area contributed by atoms with E-state index in [0.717, 1.165) is 19.4 Å². The molecule has 0 aromatic heterocycles. The zero-order valence-corrected chi connectivity index (χ0v) is 12.2. The van der Waals surface area contributed by atoms with E-state index in [9.17, 15) is 4.79 Å². The lowest BCUT2D eigenvalue weighted by atomic mass is 10.2. The van der Waals surface area contributed by atoms with Crippen LogP contribution >= 0.6 is 0 Å². The smallest absolute Gasteiger partial charge is 0.237 e. The van der Waals surface area contributed by atoms with Crippen molar-refractivity contribution in [3.8, 4) is 0 Å². The summed E-state index contributed by atoms with van der Waals surface area (Å²) in [6, 6.07) is 0.232. The minimum Gasteiger partial charge on any atom is -0.385 e. The summed E-state index contributed by atoms with van der Waals surface area (Å²) in [5.74, 6) is 0.0804. The molecule has 18 heavy (non-hydrogen) atoms. The molecule has 0 radical (unpaired) electrons. The first-order valence-electron chi connectivity index (χ1n) is 6.77. The maximum Gasteiger partial charge on any atom is 0.237 e. The molecule has 5 nitrogen and oxygen atoms in total. The van der Waals surface area contributed by atoms with Crippen LogP contribution in [0.3, 0.4) is 0 Å². The third-order valence-electron chi connectivity index (χ3n) is 2.99. The van der Waals surface area contributed by atoms with Crippen LogP contribution < -0.4 is 11.1 Å². The number of amides is 1. The Labute approximate surface area is 111 Å². The normalized spacial score (nSPS) is 13.1. The Hall–Kier alpha value is -0.650. The number of hydrogen-bond donors (Lipinski definition) is 2. The summed E-state index contributed by atoms with van der Waals surface area (Å²) in [7, 11) is 1.66. The van der Waals surface area contributed by atoms with Crippen molar-refractivity contribution >= 4 is 5.91 Å². The van der Waals surface area contributed by atoms with Crippen molar-refractivity contribution in [1.29, 1.82) is 0 Å². The van der Waals surface area contributed by atoms with E-state index in [1.54, 1.807) is 7.11 Å². The second-order valence-electron chi connectivity index (χ2n) is 4.79. The average Bonchev–Trinajstić information content (AvgIpc) is 2.34. The van der Waals surface area contributed by atoms with Crippen molar-refractivity contribution in [2.45, 2.75) is 45.7 Å². The summed E-state index contributed by atoms with van der Waals surface area (Å²) in [5, 5.41) is 2.94. The van der Waals surface area contributed by atoms with Gasteiger partial charge in [-0.3, -0.25) is 9.69 Å². The van der Waals surface area contributed by atoms with Crippen LogP contribution in [0.4, 0.5) is 0 Å². The Balaban J connectivity index is 4.12. The van der Waals surface area contributed by atoms with E-state index in [1.165, 1.54) is 0 Å². The van der Waals surface area contributed by atoms with Crippen LogP contribution in [-0.4, -0.2) is 56.2 Å². The lowest BCUT2D eigenvalue weighted by Crippen LogP contribution is -2.49. The SMILES string of the molecule is COCCCNC(=O)C(C)N(CCCN)C(C)C. The molecular weight excluding hydrogens is 230 g/mol. The monoisotopic (exact) mass is 259 g/mol. The summed E-state index contributed by atoms with van der Waals surface area (Å²) in [6.45, 7) is 9.01. The molecule has 0 heterocycles. The predicted octanol–water partition coefficient (Wildman–Crippen LogP) is 0.587. The number of carbonyl (C=O) groups excluding carboxylic acids is 1.